The molecular weight excluding hydrogens is 411 g/mol. The number of pyridine rings is 2. The third kappa shape index (κ3) is 5.44. The minimum atomic E-state index is 0.731. The van der Waals surface area contributed by atoms with Crippen LogP contribution < -0.4 is 0 Å². The molecular formula is C26H18Cl2N2. The van der Waals surface area contributed by atoms with E-state index in [0.29, 0.717) is 0 Å². The van der Waals surface area contributed by atoms with Gasteiger partial charge < -0.3 is 0 Å². The van der Waals surface area contributed by atoms with Gasteiger partial charge in [-0.05, 0) is 70.8 Å². The molecule has 0 spiro atoms. The van der Waals surface area contributed by atoms with Gasteiger partial charge in [-0.3, -0.25) is 9.97 Å². The van der Waals surface area contributed by atoms with Crippen LogP contribution >= 0.6 is 23.2 Å². The summed E-state index contributed by atoms with van der Waals surface area (Å²) in [5.41, 5.74) is 5.94. The predicted molar refractivity (Wildman–Crippen MR) is 128 cm³/mol. The molecule has 0 saturated carbocycles. The lowest BCUT2D eigenvalue weighted by molar-refractivity contribution is 1.24. The van der Waals surface area contributed by atoms with E-state index in [9.17, 15) is 0 Å². The highest BCUT2D eigenvalue weighted by Gasteiger charge is 2.02. The van der Waals surface area contributed by atoms with Crippen LogP contribution in [-0.2, 0) is 0 Å². The first kappa shape index (κ1) is 20.1. The van der Waals surface area contributed by atoms with Gasteiger partial charge in [0.15, 0.2) is 0 Å². The maximum atomic E-state index is 5.94. The molecule has 2 aromatic heterocycles. The van der Waals surface area contributed by atoms with Gasteiger partial charge in [-0.1, -0.05) is 71.8 Å². The second-order valence-electron chi connectivity index (χ2n) is 6.72. The Kier molecular flexibility index (Phi) is 6.38. The molecule has 0 aliphatic heterocycles. The van der Waals surface area contributed by atoms with Crippen molar-refractivity contribution in [1.82, 2.24) is 9.97 Å². The molecule has 2 aromatic carbocycles. The van der Waals surface area contributed by atoms with Gasteiger partial charge in [-0.25, -0.2) is 0 Å². The number of hydrogen-bond acceptors (Lipinski definition) is 2. The van der Waals surface area contributed by atoms with Gasteiger partial charge in [-0.2, -0.15) is 0 Å². The van der Waals surface area contributed by atoms with E-state index in [0.717, 1.165) is 43.7 Å². The van der Waals surface area contributed by atoms with Crippen LogP contribution in [-0.4, -0.2) is 9.97 Å². The highest BCUT2D eigenvalue weighted by Crippen LogP contribution is 2.20. The highest BCUT2D eigenvalue weighted by atomic mass is 35.5. The molecule has 0 amide bonds. The van der Waals surface area contributed by atoms with Crippen molar-refractivity contribution < 1.29 is 0 Å². The second-order valence-corrected chi connectivity index (χ2v) is 7.59. The van der Waals surface area contributed by atoms with Crippen molar-refractivity contribution in [2.24, 2.45) is 0 Å². The summed E-state index contributed by atoms with van der Waals surface area (Å²) in [5, 5.41) is 1.46. The van der Waals surface area contributed by atoms with E-state index in [-0.39, 0.29) is 0 Å². The van der Waals surface area contributed by atoms with Crippen LogP contribution in [0, 0.1) is 0 Å². The van der Waals surface area contributed by atoms with Crippen LogP contribution in [0.5, 0.6) is 0 Å². The maximum Gasteiger partial charge on any atom is 0.0892 e. The number of rotatable bonds is 5. The van der Waals surface area contributed by atoms with Gasteiger partial charge in [-0.15, -0.1) is 0 Å². The zero-order valence-electron chi connectivity index (χ0n) is 16.0. The van der Waals surface area contributed by atoms with Gasteiger partial charge in [0.2, 0.25) is 0 Å². The molecule has 2 heterocycles. The first-order chi connectivity index (χ1) is 14.7. The van der Waals surface area contributed by atoms with Gasteiger partial charge in [0.1, 0.15) is 0 Å². The minimum Gasteiger partial charge on any atom is -0.255 e. The minimum absolute atomic E-state index is 0.731. The van der Waals surface area contributed by atoms with Crippen molar-refractivity contribution in [2.75, 3.05) is 0 Å². The van der Waals surface area contributed by atoms with Gasteiger partial charge in [0, 0.05) is 22.4 Å². The molecule has 0 aliphatic carbocycles. The third-order valence-electron chi connectivity index (χ3n) is 4.51. The van der Waals surface area contributed by atoms with E-state index in [1.54, 1.807) is 12.4 Å². The lowest BCUT2D eigenvalue weighted by Crippen LogP contribution is -1.88. The summed E-state index contributed by atoms with van der Waals surface area (Å²) in [6, 6.07) is 23.5. The Morgan fingerprint density at radius 1 is 0.467 bits per heavy atom. The Labute approximate surface area is 186 Å². The van der Waals surface area contributed by atoms with Gasteiger partial charge in [0.05, 0.1) is 11.4 Å². The molecule has 0 atom stereocenters. The van der Waals surface area contributed by atoms with E-state index >= 15 is 0 Å². The molecule has 0 N–H and O–H groups in total. The summed E-state index contributed by atoms with van der Waals surface area (Å²) >= 11 is 11.9. The van der Waals surface area contributed by atoms with Crippen LogP contribution in [0.15, 0.2) is 85.2 Å². The van der Waals surface area contributed by atoms with Crippen LogP contribution in [0.2, 0.25) is 10.0 Å². The summed E-state index contributed by atoms with van der Waals surface area (Å²) in [6.07, 6.45) is 11.8. The standard InChI is InChI=1S/C26H18Cl2N2/c27-23-9-5-19(6-10-23)1-3-21-13-15-29-25(17-21)26-18-22(14-16-30-26)4-2-20-7-11-24(28)12-8-20/h1-18H. The molecule has 4 aromatic rings. The summed E-state index contributed by atoms with van der Waals surface area (Å²) in [6.45, 7) is 0. The Morgan fingerprint density at radius 2 is 0.833 bits per heavy atom. The van der Waals surface area contributed by atoms with E-state index in [2.05, 4.69) is 22.1 Å². The molecule has 4 rings (SSSR count). The fraction of sp³-hybridized carbons (Fsp3) is 0. The average molecular weight is 429 g/mol. The first-order valence-electron chi connectivity index (χ1n) is 9.45. The Morgan fingerprint density at radius 3 is 1.23 bits per heavy atom. The first-order valence-corrected chi connectivity index (χ1v) is 10.2. The number of nitrogens with zero attached hydrogens (tertiary/aromatic N) is 2. The summed E-state index contributed by atoms with van der Waals surface area (Å²) in [5.74, 6) is 0. The highest BCUT2D eigenvalue weighted by molar-refractivity contribution is 6.30. The average Bonchev–Trinajstić information content (AvgIpc) is 2.79. The molecule has 146 valence electrons. The third-order valence-corrected chi connectivity index (χ3v) is 5.01. The molecule has 0 radical (unpaired) electrons. The molecule has 0 fully saturated rings. The number of hydrogen-bond donors (Lipinski definition) is 0. The van der Waals surface area contributed by atoms with E-state index in [4.69, 9.17) is 23.2 Å². The lowest BCUT2D eigenvalue weighted by Gasteiger charge is -2.03. The van der Waals surface area contributed by atoms with Crippen molar-refractivity contribution in [2.45, 2.75) is 0 Å². The van der Waals surface area contributed by atoms with Crippen molar-refractivity contribution in [3.8, 4) is 11.4 Å². The monoisotopic (exact) mass is 428 g/mol. The van der Waals surface area contributed by atoms with E-state index in [1.165, 1.54) is 0 Å². The topological polar surface area (TPSA) is 25.8 Å². The van der Waals surface area contributed by atoms with Crippen molar-refractivity contribution in [1.29, 1.82) is 0 Å². The number of halogens is 2. The van der Waals surface area contributed by atoms with Gasteiger partial charge in [0.25, 0.3) is 0 Å². The maximum absolute atomic E-state index is 5.94. The number of benzene rings is 2. The van der Waals surface area contributed by atoms with Crippen molar-refractivity contribution in [3.05, 3.63) is 117 Å². The Hall–Kier alpha value is -3.20. The molecule has 0 bridgehead atoms. The molecule has 0 aliphatic rings. The zero-order valence-corrected chi connectivity index (χ0v) is 17.6. The number of aromatic nitrogens is 2. The quantitative estimate of drug-likeness (QED) is 0.324. The largest absolute Gasteiger partial charge is 0.255 e. The fourth-order valence-corrected chi connectivity index (χ4v) is 3.17. The lowest BCUT2D eigenvalue weighted by atomic mass is 10.1. The Bertz CT molecular complexity index is 1100. The van der Waals surface area contributed by atoms with Crippen molar-refractivity contribution in [3.63, 3.8) is 0 Å². The summed E-state index contributed by atoms with van der Waals surface area (Å²) in [4.78, 5) is 8.99. The second kappa shape index (κ2) is 9.53. The van der Waals surface area contributed by atoms with E-state index in [1.807, 2.05) is 84.9 Å². The van der Waals surface area contributed by atoms with E-state index < -0.39 is 0 Å². The Balaban J connectivity index is 1.54. The molecule has 0 unspecified atom stereocenters. The normalized spacial score (nSPS) is 11.4. The smallest absolute Gasteiger partial charge is 0.0892 e. The SMILES string of the molecule is Clc1ccc(C=Cc2ccnc(-c3cc(C=Cc4ccc(Cl)cc4)ccn3)c2)cc1. The fourth-order valence-electron chi connectivity index (χ4n) is 2.91. The molecule has 30 heavy (non-hydrogen) atoms. The summed E-state index contributed by atoms with van der Waals surface area (Å²) in [7, 11) is 0. The molecule has 4 heteroatoms. The molecule has 0 saturated heterocycles. The predicted octanol–water partition coefficient (Wildman–Crippen LogP) is 7.79. The summed E-state index contributed by atoms with van der Waals surface area (Å²) < 4.78 is 0. The van der Waals surface area contributed by atoms with Crippen LogP contribution in [0.4, 0.5) is 0 Å². The van der Waals surface area contributed by atoms with Crippen LogP contribution in [0.3, 0.4) is 0 Å². The molecule has 2 nitrogen and oxygen atoms in total. The van der Waals surface area contributed by atoms with Crippen LogP contribution in [0.25, 0.3) is 35.7 Å². The van der Waals surface area contributed by atoms with Crippen molar-refractivity contribution >= 4 is 47.5 Å². The van der Waals surface area contributed by atoms with Crippen LogP contribution in [0.1, 0.15) is 22.3 Å². The van der Waals surface area contributed by atoms with Gasteiger partial charge >= 0.3 is 0 Å². The zero-order chi connectivity index (χ0) is 20.8.